The van der Waals surface area contributed by atoms with Crippen LogP contribution < -0.4 is 4.90 Å². The van der Waals surface area contributed by atoms with E-state index < -0.39 is 23.2 Å². The lowest BCUT2D eigenvalue weighted by atomic mass is 9.96. The lowest BCUT2D eigenvalue weighted by Gasteiger charge is -2.25. The maximum atomic E-state index is 16.0. The van der Waals surface area contributed by atoms with Crippen LogP contribution in [0.1, 0.15) is 54.9 Å². The average Bonchev–Trinajstić information content (AvgIpc) is 3.79. The molecule has 1 aromatic carbocycles. The number of halogens is 5. The van der Waals surface area contributed by atoms with E-state index in [-0.39, 0.29) is 47.4 Å². The minimum absolute atomic E-state index is 0.0645. The Hall–Kier alpha value is -3.11. The van der Waals surface area contributed by atoms with Gasteiger partial charge in [-0.2, -0.15) is 13.2 Å². The maximum Gasteiger partial charge on any atom is 0.401 e. The second-order valence-electron chi connectivity index (χ2n) is 10.6. The molecular formula is C25H23F5N6. The molecule has 3 aliphatic carbocycles. The van der Waals surface area contributed by atoms with Crippen LogP contribution in [0.25, 0.3) is 11.1 Å². The van der Waals surface area contributed by atoms with Crippen molar-refractivity contribution in [3.63, 3.8) is 0 Å². The Kier molecular flexibility index (Phi) is 4.44. The molecule has 6 nitrogen and oxygen atoms in total. The Morgan fingerprint density at radius 3 is 2.19 bits per heavy atom. The van der Waals surface area contributed by atoms with Crippen molar-refractivity contribution >= 4 is 5.69 Å². The molecule has 2 unspecified atom stereocenters. The van der Waals surface area contributed by atoms with E-state index >= 15 is 8.78 Å². The zero-order valence-electron chi connectivity index (χ0n) is 19.4. The zero-order chi connectivity index (χ0) is 25.0. The van der Waals surface area contributed by atoms with Gasteiger partial charge in [0, 0.05) is 48.1 Å². The third-order valence-corrected chi connectivity index (χ3v) is 8.39. The van der Waals surface area contributed by atoms with Crippen LogP contribution in [0.3, 0.4) is 0 Å². The smallest absolute Gasteiger partial charge is 0.368 e. The molecule has 1 aliphatic heterocycles. The van der Waals surface area contributed by atoms with Crippen molar-refractivity contribution in [2.45, 2.75) is 56.2 Å². The van der Waals surface area contributed by atoms with Crippen molar-refractivity contribution in [1.82, 2.24) is 24.7 Å². The first-order valence-corrected chi connectivity index (χ1v) is 12.2. The third-order valence-electron chi connectivity index (χ3n) is 8.39. The van der Waals surface area contributed by atoms with Gasteiger partial charge in [0.15, 0.2) is 5.82 Å². The summed E-state index contributed by atoms with van der Waals surface area (Å²) in [7, 11) is 0. The fourth-order valence-electron chi connectivity index (χ4n) is 6.04. The van der Waals surface area contributed by atoms with Crippen LogP contribution in [0.2, 0.25) is 0 Å². The normalized spacial score (nSPS) is 26.3. The van der Waals surface area contributed by atoms with Crippen LogP contribution in [0.15, 0.2) is 24.8 Å². The predicted octanol–water partition coefficient (Wildman–Crippen LogP) is 5.10. The van der Waals surface area contributed by atoms with Gasteiger partial charge in [0.05, 0.1) is 16.9 Å². The molecule has 7 rings (SSSR count). The summed E-state index contributed by atoms with van der Waals surface area (Å²) in [5.74, 6) is -1.20. The lowest BCUT2D eigenvalue weighted by Crippen LogP contribution is -2.31. The first-order chi connectivity index (χ1) is 17.2. The Morgan fingerprint density at radius 1 is 0.944 bits per heavy atom. The number of hydrogen-bond acceptors (Lipinski definition) is 5. The van der Waals surface area contributed by atoms with E-state index in [1.165, 1.54) is 19.1 Å². The SMILES string of the molecule is Cc1nc(C2(C(F)(F)F)CC2)nc(C2CC2)c1-c1c(F)ccc(N2CC3C(C2)C3n2cnnc2)c1F. The monoisotopic (exact) mass is 502 g/mol. The van der Waals surface area contributed by atoms with Gasteiger partial charge in [-0.1, -0.05) is 0 Å². The average molecular weight is 502 g/mol. The molecule has 0 spiro atoms. The van der Waals surface area contributed by atoms with Crippen LogP contribution in [0.4, 0.5) is 27.6 Å². The van der Waals surface area contributed by atoms with Gasteiger partial charge in [-0.3, -0.25) is 0 Å². The molecule has 0 bridgehead atoms. The van der Waals surface area contributed by atoms with E-state index in [1.54, 1.807) is 12.7 Å². The first-order valence-electron chi connectivity index (χ1n) is 12.2. The number of rotatable bonds is 5. The van der Waals surface area contributed by atoms with Gasteiger partial charge in [-0.25, -0.2) is 18.7 Å². The number of aromatic nitrogens is 5. The number of aryl methyl sites for hydroxylation is 1. The summed E-state index contributed by atoms with van der Waals surface area (Å²) in [6.45, 7) is 2.76. The molecule has 36 heavy (non-hydrogen) atoms. The van der Waals surface area contributed by atoms with Crippen LogP contribution in [0, 0.1) is 30.4 Å². The minimum Gasteiger partial charge on any atom is -0.368 e. The number of benzene rings is 1. The van der Waals surface area contributed by atoms with Crippen molar-refractivity contribution in [3.05, 3.63) is 53.6 Å². The number of hydrogen-bond donors (Lipinski definition) is 0. The maximum absolute atomic E-state index is 16.0. The van der Waals surface area contributed by atoms with Gasteiger partial charge in [0.25, 0.3) is 0 Å². The lowest BCUT2D eigenvalue weighted by molar-refractivity contribution is -0.162. The molecule has 4 fully saturated rings. The van der Waals surface area contributed by atoms with E-state index in [0.29, 0.717) is 36.3 Å². The van der Waals surface area contributed by atoms with Crippen LogP contribution in [-0.4, -0.2) is 44.0 Å². The van der Waals surface area contributed by atoms with E-state index in [2.05, 4.69) is 20.2 Å². The molecule has 188 valence electrons. The fourth-order valence-corrected chi connectivity index (χ4v) is 6.04. The highest BCUT2D eigenvalue weighted by Crippen LogP contribution is 2.59. The van der Waals surface area contributed by atoms with Crippen LogP contribution in [0.5, 0.6) is 0 Å². The van der Waals surface area contributed by atoms with Gasteiger partial charge < -0.3 is 9.47 Å². The van der Waals surface area contributed by atoms with Crippen molar-refractivity contribution < 1.29 is 22.0 Å². The fraction of sp³-hybridized carbons (Fsp3) is 0.520. The molecule has 1 saturated heterocycles. The van der Waals surface area contributed by atoms with Crippen LogP contribution in [-0.2, 0) is 5.41 Å². The largest absolute Gasteiger partial charge is 0.401 e. The predicted molar refractivity (Wildman–Crippen MR) is 119 cm³/mol. The molecule has 2 aromatic heterocycles. The quantitative estimate of drug-likeness (QED) is 0.455. The molecule has 0 N–H and O–H groups in total. The van der Waals surface area contributed by atoms with Gasteiger partial charge in [0.2, 0.25) is 0 Å². The molecule has 0 radical (unpaired) electrons. The number of nitrogens with zero attached hydrogens (tertiary/aromatic N) is 6. The molecule has 3 aromatic rings. The summed E-state index contributed by atoms with van der Waals surface area (Å²) in [5, 5.41) is 7.71. The topological polar surface area (TPSA) is 59.7 Å². The third kappa shape index (κ3) is 3.13. The standard InChI is InChI=1S/C25H23F5N6/c1-12-18(21(13-2-3-13)34-23(33-12)24(6-7-24)25(28,29)30)19-16(26)4-5-17(20(19)27)35-8-14-15(9-35)22(14)36-10-31-32-11-36/h4-5,10-11,13-15,22H,2-3,6-9H2,1H3. The highest BCUT2D eigenvalue weighted by molar-refractivity contribution is 5.75. The summed E-state index contributed by atoms with van der Waals surface area (Å²) in [5.41, 5.74) is -1.28. The number of anilines is 1. The van der Waals surface area contributed by atoms with E-state index in [0.717, 1.165) is 12.8 Å². The zero-order valence-corrected chi connectivity index (χ0v) is 19.4. The van der Waals surface area contributed by atoms with Crippen molar-refractivity contribution in [2.75, 3.05) is 18.0 Å². The molecule has 3 saturated carbocycles. The highest BCUT2D eigenvalue weighted by Gasteiger charge is 2.66. The molecular weight excluding hydrogens is 479 g/mol. The number of fused-ring (bicyclic) bond motifs is 1. The van der Waals surface area contributed by atoms with Gasteiger partial charge in [-0.15, -0.1) is 10.2 Å². The summed E-state index contributed by atoms with van der Waals surface area (Å²) >= 11 is 0. The van der Waals surface area contributed by atoms with E-state index in [1.807, 2.05) is 9.47 Å². The Labute approximate surface area is 203 Å². The van der Waals surface area contributed by atoms with E-state index in [9.17, 15) is 13.2 Å². The van der Waals surface area contributed by atoms with Gasteiger partial charge in [0.1, 0.15) is 29.7 Å². The highest BCUT2D eigenvalue weighted by atomic mass is 19.4. The van der Waals surface area contributed by atoms with Crippen molar-refractivity contribution in [2.24, 2.45) is 11.8 Å². The van der Waals surface area contributed by atoms with Crippen LogP contribution >= 0.6 is 0 Å². The Bertz CT molecular complexity index is 1350. The summed E-state index contributed by atoms with van der Waals surface area (Å²) in [4.78, 5) is 10.5. The Balaban J connectivity index is 1.26. The molecule has 4 aliphatic rings. The summed E-state index contributed by atoms with van der Waals surface area (Å²) in [6.07, 6.45) is 0.228. The minimum atomic E-state index is -4.46. The van der Waals surface area contributed by atoms with Gasteiger partial charge >= 0.3 is 6.18 Å². The number of alkyl halides is 3. The van der Waals surface area contributed by atoms with Crippen molar-refractivity contribution in [1.29, 1.82) is 0 Å². The van der Waals surface area contributed by atoms with Gasteiger partial charge in [-0.05, 0) is 44.7 Å². The molecule has 3 heterocycles. The first kappa shape index (κ1) is 22.1. The molecule has 0 amide bonds. The van der Waals surface area contributed by atoms with Crippen molar-refractivity contribution in [3.8, 4) is 11.1 Å². The Morgan fingerprint density at radius 2 is 1.61 bits per heavy atom. The molecule has 2 atom stereocenters. The van der Waals surface area contributed by atoms with E-state index in [4.69, 9.17) is 0 Å². The summed E-state index contributed by atoms with van der Waals surface area (Å²) < 4.78 is 74.5. The summed E-state index contributed by atoms with van der Waals surface area (Å²) in [6, 6.07) is 2.96. The molecule has 11 heteroatoms. The second-order valence-corrected chi connectivity index (χ2v) is 10.6. The second kappa shape index (κ2) is 7.23. The number of piperidine rings is 1.